The van der Waals surface area contributed by atoms with E-state index >= 15 is 0 Å². The fourth-order valence-corrected chi connectivity index (χ4v) is 1.91. The summed E-state index contributed by atoms with van der Waals surface area (Å²) in [5.41, 5.74) is 0.667. The van der Waals surface area contributed by atoms with Crippen molar-refractivity contribution in [2.24, 2.45) is 0 Å². The lowest BCUT2D eigenvalue weighted by molar-refractivity contribution is 0.276. The topological polar surface area (TPSA) is 29.5 Å². The van der Waals surface area contributed by atoms with Crippen molar-refractivity contribution in [2.75, 3.05) is 0 Å². The second-order valence-electron chi connectivity index (χ2n) is 3.44. The lowest BCUT2D eigenvalue weighted by Crippen LogP contribution is -1.92. The van der Waals surface area contributed by atoms with E-state index in [0.717, 1.165) is 4.47 Å². The smallest absolute Gasteiger partial charge is 0.151 e. The summed E-state index contributed by atoms with van der Waals surface area (Å²) in [7, 11) is 0. The lowest BCUT2D eigenvalue weighted by atomic mass is 10.2. The Labute approximate surface area is 113 Å². The van der Waals surface area contributed by atoms with E-state index in [0.29, 0.717) is 22.1 Å². The summed E-state index contributed by atoms with van der Waals surface area (Å²) in [6.45, 7) is -0.105. The normalized spacial score (nSPS) is 10.3. The largest absolute Gasteiger partial charge is 0.455 e. The van der Waals surface area contributed by atoms with Crippen LogP contribution in [-0.2, 0) is 6.61 Å². The van der Waals surface area contributed by atoms with Gasteiger partial charge in [0.2, 0.25) is 0 Å². The first kappa shape index (κ1) is 12.4. The van der Waals surface area contributed by atoms with Crippen molar-refractivity contribution in [3.05, 3.63) is 57.5 Å². The van der Waals surface area contributed by atoms with E-state index in [-0.39, 0.29) is 6.61 Å². The Morgan fingerprint density at radius 3 is 2.47 bits per heavy atom. The number of hydrogen-bond donors (Lipinski definition) is 1. The van der Waals surface area contributed by atoms with Gasteiger partial charge in [-0.1, -0.05) is 39.7 Å². The summed E-state index contributed by atoms with van der Waals surface area (Å²) in [5, 5.41) is 9.70. The van der Waals surface area contributed by atoms with Crippen molar-refractivity contribution in [3.63, 3.8) is 0 Å². The number of para-hydroxylation sites is 1. The van der Waals surface area contributed by atoms with Crippen molar-refractivity contribution in [1.29, 1.82) is 0 Å². The van der Waals surface area contributed by atoms with E-state index in [1.165, 1.54) is 0 Å². The first-order valence-corrected chi connectivity index (χ1v) is 6.19. The highest BCUT2D eigenvalue weighted by molar-refractivity contribution is 9.10. The predicted molar refractivity (Wildman–Crippen MR) is 71.6 cm³/mol. The van der Waals surface area contributed by atoms with Gasteiger partial charge in [0.15, 0.2) is 5.75 Å². The molecule has 1 N–H and O–H groups in total. The van der Waals surface area contributed by atoms with Crippen LogP contribution in [0.15, 0.2) is 46.9 Å². The fourth-order valence-electron chi connectivity index (χ4n) is 1.41. The molecule has 0 unspecified atom stereocenters. The zero-order valence-electron chi connectivity index (χ0n) is 8.86. The molecular weight excluding hydrogens is 303 g/mol. The van der Waals surface area contributed by atoms with E-state index in [1.807, 2.05) is 24.3 Å². The summed E-state index contributed by atoms with van der Waals surface area (Å²) in [4.78, 5) is 0. The van der Waals surface area contributed by atoms with Crippen LogP contribution in [0, 0.1) is 0 Å². The summed E-state index contributed by atoms with van der Waals surface area (Å²) >= 11 is 9.40. The third-order valence-corrected chi connectivity index (χ3v) is 3.08. The SMILES string of the molecule is OCc1cccc(Cl)c1Oc1ccc(Br)cc1. The molecule has 0 aliphatic rings. The van der Waals surface area contributed by atoms with Crippen LogP contribution in [0.25, 0.3) is 0 Å². The van der Waals surface area contributed by atoms with Crippen LogP contribution in [0.5, 0.6) is 11.5 Å². The quantitative estimate of drug-likeness (QED) is 0.911. The predicted octanol–water partition coefficient (Wildman–Crippen LogP) is 4.39. The molecule has 0 heterocycles. The molecule has 0 fully saturated rings. The summed E-state index contributed by atoms with van der Waals surface area (Å²) < 4.78 is 6.65. The Morgan fingerprint density at radius 1 is 1.12 bits per heavy atom. The fraction of sp³-hybridized carbons (Fsp3) is 0.0769. The van der Waals surface area contributed by atoms with Gasteiger partial charge in [-0.05, 0) is 30.3 Å². The van der Waals surface area contributed by atoms with Gasteiger partial charge in [-0.2, -0.15) is 0 Å². The molecule has 0 amide bonds. The summed E-state index contributed by atoms with van der Waals surface area (Å²) in [6, 6.07) is 12.7. The van der Waals surface area contributed by atoms with Gasteiger partial charge in [0.05, 0.1) is 11.6 Å². The minimum absolute atomic E-state index is 0.105. The molecule has 0 saturated heterocycles. The number of benzene rings is 2. The number of halogens is 2. The van der Waals surface area contributed by atoms with E-state index in [9.17, 15) is 5.11 Å². The van der Waals surface area contributed by atoms with Gasteiger partial charge in [-0.3, -0.25) is 0 Å². The first-order valence-electron chi connectivity index (χ1n) is 5.02. The Morgan fingerprint density at radius 2 is 1.82 bits per heavy atom. The van der Waals surface area contributed by atoms with Crippen molar-refractivity contribution in [3.8, 4) is 11.5 Å². The van der Waals surface area contributed by atoms with Crippen molar-refractivity contribution in [2.45, 2.75) is 6.61 Å². The Balaban J connectivity index is 2.32. The minimum atomic E-state index is -0.105. The second-order valence-corrected chi connectivity index (χ2v) is 4.77. The third-order valence-electron chi connectivity index (χ3n) is 2.25. The van der Waals surface area contributed by atoms with Gasteiger partial charge < -0.3 is 9.84 Å². The highest BCUT2D eigenvalue weighted by atomic mass is 79.9. The maximum atomic E-state index is 9.22. The zero-order chi connectivity index (χ0) is 12.3. The van der Waals surface area contributed by atoms with Crippen LogP contribution in [0.2, 0.25) is 5.02 Å². The van der Waals surface area contributed by atoms with Gasteiger partial charge in [0.25, 0.3) is 0 Å². The standard InChI is InChI=1S/C13H10BrClO2/c14-10-4-6-11(7-5-10)17-13-9(8-16)2-1-3-12(13)15/h1-7,16H,8H2. The average Bonchev–Trinajstić information content (AvgIpc) is 2.34. The molecule has 17 heavy (non-hydrogen) atoms. The number of aliphatic hydroxyl groups is 1. The monoisotopic (exact) mass is 312 g/mol. The van der Waals surface area contributed by atoms with E-state index in [1.54, 1.807) is 18.2 Å². The highest BCUT2D eigenvalue weighted by Crippen LogP contribution is 2.33. The van der Waals surface area contributed by atoms with Crippen LogP contribution in [0.1, 0.15) is 5.56 Å². The molecule has 2 rings (SSSR count). The number of ether oxygens (including phenoxy) is 1. The lowest BCUT2D eigenvalue weighted by Gasteiger charge is -2.11. The number of hydrogen-bond acceptors (Lipinski definition) is 2. The molecule has 0 spiro atoms. The maximum absolute atomic E-state index is 9.22. The van der Waals surface area contributed by atoms with Gasteiger partial charge in [-0.25, -0.2) is 0 Å². The van der Waals surface area contributed by atoms with Gasteiger partial charge in [0.1, 0.15) is 5.75 Å². The van der Waals surface area contributed by atoms with Gasteiger partial charge >= 0.3 is 0 Å². The molecule has 0 aliphatic heterocycles. The van der Waals surface area contributed by atoms with E-state index in [2.05, 4.69) is 15.9 Å². The van der Waals surface area contributed by atoms with Crippen LogP contribution in [-0.4, -0.2) is 5.11 Å². The van der Waals surface area contributed by atoms with Crippen LogP contribution < -0.4 is 4.74 Å². The van der Waals surface area contributed by atoms with Crippen LogP contribution in [0.4, 0.5) is 0 Å². The molecule has 4 heteroatoms. The molecule has 0 saturated carbocycles. The van der Waals surface area contributed by atoms with E-state index in [4.69, 9.17) is 16.3 Å². The molecular formula is C13H10BrClO2. The Kier molecular flexibility index (Phi) is 4.05. The number of aliphatic hydroxyl groups excluding tert-OH is 1. The summed E-state index contributed by atoms with van der Waals surface area (Å²) in [6.07, 6.45) is 0. The average molecular weight is 314 g/mol. The van der Waals surface area contributed by atoms with Crippen molar-refractivity contribution in [1.82, 2.24) is 0 Å². The molecule has 0 bridgehead atoms. The molecule has 2 nitrogen and oxygen atoms in total. The third kappa shape index (κ3) is 3.00. The highest BCUT2D eigenvalue weighted by Gasteiger charge is 2.08. The minimum Gasteiger partial charge on any atom is -0.455 e. The van der Waals surface area contributed by atoms with E-state index < -0.39 is 0 Å². The van der Waals surface area contributed by atoms with Crippen LogP contribution >= 0.6 is 27.5 Å². The molecule has 0 aromatic heterocycles. The Bertz CT molecular complexity index is 511. The van der Waals surface area contributed by atoms with Gasteiger partial charge in [-0.15, -0.1) is 0 Å². The second kappa shape index (κ2) is 5.54. The zero-order valence-corrected chi connectivity index (χ0v) is 11.2. The molecule has 0 atom stereocenters. The molecule has 0 radical (unpaired) electrons. The number of rotatable bonds is 3. The molecule has 88 valence electrons. The van der Waals surface area contributed by atoms with Crippen molar-refractivity contribution >= 4 is 27.5 Å². The molecule has 2 aromatic rings. The maximum Gasteiger partial charge on any atom is 0.151 e. The molecule has 2 aromatic carbocycles. The van der Waals surface area contributed by atoms with Crippen molar-refractivity contribution < 1.29 is 9.84 Å². The molecule has 0 aliphatic carbocycles. The Hall–Kier alpha value is -1.03. The summed E-state index contributed by atoms with van der Waals surface area (Å²) in [5.74, 6) is 1.18. The first-order chi connectivity index (χ1) is 8.20. The van der Waals surface area contributed by atoms with Crippen LogP contribution in [0.3, 0.4) is 0 Å². The van der Waals surface area contributed by atoms with Gasteiger partial charge in [0, 0.05) is 10.0 Å².